The first-order valence-electron chi connectivity index (χ1n) is 10.9. The Labute approximate surface area is 185 Å². The van der Waals surface area contributed by atoms with Gasteiger partial charge in [-0.25, -0.2) is 9.97 Å². The van der Waals surface area contributed by atoms with Crippen LogP contribution in [0.4, 0.5) is 11.5 Å². The minimum Gasteiger partial charge on any atom is -0.381 e. The van der Waals surface area contributed by atoms with Gasteiger partial charge in [0.1, 0.15) is 11.5 Å². The van der Waals surface area contributed by atoms with Gasteiger partial charge >= 0.3 is 0 Å². The van der Waals surface area contributed by atoms with Crippen LogP contribution in [0.25, 0.3) is 16.9 Å². The second-order valence-electron chi connectivity index (χ2n) is 8.43. The molecule has 2 aliphatic rings. The SMILES string of the molecule is Cc1ccn2c(-c3ccc(Nc4ccc(C5CCOC5)cn4)c4c3CNC4=O)cnc2c1. The highest BCUT2D eigenvalue weighted by atomic mass is 16.5. The first-order valence-corrected chi connectivity index (χ1v) is 10.9. The largest absolute Gasteiger partial charge is 0.381 e. The highest BCUT2D eigenvalue weighted by Gasteiger charge is 2.27. The maximum Gasteiger partial charge on any atom is 0.254 e. The highest BCUT2D eigenvalue weighted by Crippen LogP contribution is 2.35. The van der Waals surface area contributed by atoms with Gasteiger partial charge in [0.25, 0.3) is 5.91 Å². The molecule has 1 unspecified atom stereocenters. The van der Waals surface area contributed by atoms with Gasteiger partial charge in [0.05, 0.1) is 29.7 Å². The zero-order valence-corrected chi connectivity index (χ0v) is 17.8. The van der Waals surface area contributed by atoms with Crippen molar-refractivity contribution in [1.29, 1.82) is 0 Å². The molecular formula is C25H23N5O2. The smallest absolute Gasteiger partial charge is 0.254 e. The molecular weight excluding hydrogens is 402 g/mol. The third kappa shape index (κ3) is 3.13. The van der Waals surface area contributed by atoms with E-state index in [2.05, 4.69) is 56.2 Å². The van der Waals surface area contributed by atoms with Crippen LogP contribution in [0.15, 0.2) is 55.0 Å². The van der Waals surface area contributed by atoms with Gasteiger partial charge in [-0.15, -0.1) is 0 Å². The summed E-state index contributed by atoms with van der Waals surface area (Å²) in [5.41, 5.74) is 7.62. The van der Waals surface area contributed by atoms with E-state index in [1.807, 2.05) is 30.7 Å². The molecule has 2 N–H and O–H groups in total. The number of amides is 1. The third-order valence-corrected chi connectivity index (χ3v) is 6.36. The Morgan fingerprint density at radius 2 is 2.09 bits per heavy atom. The van der Waals surface area contributed by atoms with E-state index in [0.29, 0.717) is 23.8 Å². The number of imidazole rings is 1. The van der Waals surface area contributed by atoms with Crippen molar-refractivity contribution >= 4 is 23.1 Å². The molecule has 5 heterocycles. The minimum atomic E-state index is -0.0752. The predicted octanol–water partition coefficient (Wildman–Crippen LogP) is 4.20. The van der Waals surface area contributed by atoms with Crippen LogP contribution in [-0.2, 0) is 11.3 Å². The molecule has 0 radical (unpaired) electrons. The zero-order chi connectivity index (χ0) is 21.7. The van der Waals surface area contributed by atoms with Crippen molar-refractivity contribution in [2.45, 2.75) is 25.8 Å². The number of pyridine rings is 2. The van der Waals surface area contributed by atoms with Crippen molar-refractivity contribution in [3.63, 3.8) is 0 Å². The molecule has 3 aromatic heterocycles. The van der Waals surface area contributed by atoms with Gasteiger partial charge in [0.15, 0.2) is 0 Å². The number of benzene rings is 1. The van der Waals surface area contributed by atoms with Crippen molar-refractivity contribution < 1.29 is 9.53 Å². The summed E-state index contributed by atoms with van der Waals surface area (Å²) in [7, 11) is 0. The van der Waals surface area contributed by atoms with Crippen LogP contribution >= 0.6 is 0 Å². The molecule has 1 amide bonds. The predicted molar refractivity (Wildman–Crippen MR) is 122 cm³/mol. The molecule has 1 fully saturated rings. The average Bonchev–Trinajstić information content (AvgIpc) is 3.55. The molecule has 4 aromatic rings. The molecule has 0 bridgehead atoms. The molecule has 0 aliphatic carbocycles. The number of anilines is 2. The Morgan fingerprint density at radius 1 is 1.16 bits per heavy atom. The number of ether oxygens (including phenoxy) is 1. The van der Waals surface area contributed by atoms with Gasteiger partial charge in [-0.05, 0) is 54.3 Å². The topological polar surface area (TPSA) is 80.5 Å². The molecule has 1 aromatic carbocycles. The number of carbonyl (C=O) groups excluding carboxylic acids is 1. The van der Waals surface area contributed by atoms with Gasteiger partial charge in [-0.2, -0.15) is 0 Å². The van der Waals surface area contributed by atoms with Crippen molar-refractivity contribution in [3.05, 3.63) is 77.2 Å². The molecule has 1 atom stereocenters. The van der Waals surface area contributed by atoms with Gasteiger partial charge in [-0.3, -0.25) is 9.20 Å². The van der Waals surface area contributed by atoms with E-state index in [4.69, 9.17) is 4.74 Å². The molecule has 32 heavy (non-hydrogen) atoms. The van der Waals surface area contributed by atoms with E-state index in [9.17, 15) is 4.79 Å². The molecule has 7 nitrogen and oxygen atoms in total. The maximum absolute atomic E-state index is 12.7. The fourth-order valence-electron chi connectivity index (χ4n) is 4.63. The molecule has 160 valence electrons. The van der Waals surface area contributed by atoms with Gasteiger partial charge in [-0.1, -0.05) is 12.1 Å². The molecule has 6 rings (SSSR count). The summed E-state index contributed by atoms with van der Waals surface area (Å²) in [6, 6.07) is 12.2. The second kappa shape index (κ2) is 7.46. The second-order valence-corrected chi connectivity index (χ2v) is 8.43. The monoisotopic (exact) mass is 425 g/mol. The quantitative estimate of drug-likeness (QED) is 0.512. The van der Waals surface area contributed by atoms with E-state index >= 15 is 0 Å². The van der Waals surface area contributed by atoms with Crippen LogP contribution in [0.1, 0.15) is 39.4 Å². The summed E-state index contributed by atoms with van der Waals surface area (Å²) in [5, 5.41) is 6.32. The lowest BCUT2D eigenvalue weighted by Gasteiger charge is -2.14. The minimum absolute atomic E-state index is 0.0752. The van der Waals surface area contributed by atoms with Gasteiger partial charge < -0.3 is 15.4 Å². The number of nitrogens with one attached hydrogen (secondary N) is 2. The summed E-state index contributed by atoms with van der Waals surface area (Å²) >= 11 is 0. The number of hydrogen-bond donors (Lipinski definition) is 2. The summed E-state index contributed by atoms with van der Waals surface area (Å²) in [6.07, 6.45) is 6.83. The molecule has 0 spiro atoms. The Morgan fingerprint density at radius 3 is 2.91 bits per heavy atom. The number of aryl methyl sites for hydroxylation is 1. The van der Waals surface area contributed by atoms with E-state index in [1.165, 1.54) is 5.56 Å². The fraction of sp³-hybridized carbons (Fsp3) is 0.240. The van der Waals surface area contributed by atoms with Gasteiger partial charge in [0, 0.05) is 37.0 Å². The lowest BCUT2D eigenvalue weighted by molar-refractivity contribution is 0.0966. The third-order valence-electron chi connectivity index (χ3n) is 6.36. The van der Waals surface area contributed by atoms with Crippen LogP contribution < -0.4 is 10.6 Å². The van der Waals surface area contributed by atoms with Gasteiger partial charge in [0.2, 0.25) is 0 Å². The number of carbonyl (C=O) groups is 1. The summed E-state index contributed by atoms with van der Waals surface area (Å²) < 4.78 is 7.54. The number of aromatic nitrogens is 3. The molecule has 7 heteroatoms. The maximum atomic E-state index is 12.7. The normalized spacial score (nSPS) is 17.5. The summed E-state index contributed by atoms with van der Waals surface area (Å²) in [4.78, 5) is 21.9. The first kappa shape index (κ1) is 19.0. The van der Waals surface area contributed by atoms with Crippen LogP contribution in [0.3, 0.4) is 0 Å². The lowest BCUT2D eigenvalue weighted by Crippen LogP contribution is -2.13. The van der Waals surface area contributed by atoms with Crippen LogP contribution in [0, 0.1) is 6.92 Å². The Kier molecular flexibility index (Phi) is 4.43. The fourth-order valence-corrected chi connectivity index (χ4v) is 4.63. The van der Waals surface area contributed by atoms with Crippen LogP contribution in [-0.4, -0.2) is 33.5 Å². The van der Waals surface area contributed by atoms with Crippen molar-refractivity contribution in [2.24, 2.45) is 0 Å². The molecule has 1 saturated heterocycles. The number of rotatable bonds is 4. The van der Waals surface area contributed by atoms with Crippen molar-refractivity contribution in [2.75, 3.05) is 18.5 Å². The zero-order valence-electron chi connectivity index (χ0n) is 17.8. The van der Waals surface area contributed by atoms with E-state index in [1.54, 1.807) is 0 Å². The van der Waals surface area contributed by atoms with E-state index in [-0.39, 0.29) is 5.91 Å². The van der Waals surface area contributed by atoms with Crippen LogP contribution in [0.5, 0.6) is 0 Å². The number of nitrogens with zero attached hydrogens (tertiary/aromatic N) is 3. The number of fused-ring (bicyclic) bond motifs is 2. The number of hydrogen-bond acceptors (Lipinski definition) is 5. The highest BCUT2D eigenvalue weighted by molar-refractivity contribution is 6.06. The summed E-state index contributed by atoms with van der Waals surface area (Å²) in [6.45, 7) is 4.11. The Bertz CT molecular complexity index is 1340. The molecule has 2 aliphatic heterocycles. The van der Waals surface area contributed by atoms with Crippen molar-refractivity contribution in [1.82, 2.24) is 19.7 Å². The van der Waals surface area contributed by atoms with Crippen LogP contribution in [0.2, 0.25) is 0 Å². The Balaban J connectivity index is 1.36. The first-order chi connectivity index (χ1) is 15.7. The van der Waals surface area contributed by atoms with E-state index < -0.39 is 0 Å². The van der Waals surface area contributed by atoms with E-state index in [0.717, 1.165) is 53.4 Å². The lowest BCUT2D eigenvalue weighted by atomic mass is 9.99. The average molecular weight is 425 g/mol. The standard InChI is InChI=1S/C25H23N5O2/c1-15-6-8-30-21(13-27-23(30)10-15)18-3-4-20(24-19(18)12-28-25(24)31)29-22-5-2-16(11-26-22)17-7-9-32-14-17/h2-6,8,10-11,13,17H,7,9,12,14H2,1H3,(H,26,29)(H,28,31). The van der Waals surface area contributed by atoms with Crippen molar-refractivity contribution in [3.8, 4) is 11.3 Å². The molecule has 0 saturated carbocycles. The Hall–Kier alpha value is -3.71. The summed E-state index contributed by atoms with van der Waals surface area (Å²) in [5.74, 6) is 1.06.